The molecule has 0 saturated carbocycles. The Bertz CT molecular complexity index is 1580. The maximum absolute atomic E-state index is 13.9. The van der Waals surface area contributed by atoms with E-state index in [1.807, 2.05) is 60.7 Å². The molecule has 0 aliphatic rings. The van der Waals surface area contributed by atoms with Crippen molar-refractivity contribution in [2.45, 2.75) is 50.2 Å². The smallest absolute Gasteiger partial charge is 0.243 e. The largest absolute Gasteiger partial charge is 0.350 e. The quantitative estimate of drug-likeness (QED) is 0.212. The number of benzene rings is 4. The minimum Gasteiger partial charge on any atom is -0.350 e. The van der Waals surface area contributed by atoms with Crippen molar-refractivity contribution in [2.24, 2.45) is 0 Å². The van der Waals surface area contributed by atoms with E-state index in [-0.39, 0.29) is 42.0 Å². The number of nitrogens with one attached hydrogen (secondary N) is 2. The van der Waals surface area contributed by atoms with Gasteiger partial charge in [0.15, 0.2) is 0 Å². The number of carbonyl (C=O) groups is 2. The lowest BCUT2D eigenvalue weighted by atomic mass is 10.0. The van der Waals surface area contributed by atoms with Gasteiger partial charge in [-0.25, -0.2) is 17.5 Å². The van der Waals surface area contributed by atoms with E-state index in [0.717, 1.165) is 16.7 Å². The number of nitrogens with zero attached hydrogens (tertiary/aromatic N) is 1. The van der Waals surface area contributed by atoms with Crippen LogP contribution >= 0.6 is 0 Å². The summed E-state index contributed by atoms with van der Waals surface area (Å²) in [5.74, 6) is -0.923. The van der Waals surface area contributed by atoms with Crippen molar-refractivity contribution in [3.8, 4) is 0 Å². The Morgan fingerprint density at radius 3 is 1.95 bits per heavy atom. The summed E-state index contributed by atoms with van der Waals surface area (Å²) in [5.41, 5.74) is 3.32. The molecule has 43 heavy (non-hydrogen) atoms. The average Bonchev–Trinajstić information content (AvgIpc) is 3.02. The van der Waals surface area contributed by atoms with Gasteiger partial charge in [-0.3, -0.25) is 9.59 Å². The van der Waals surface area contributed by atoms with Crippen LogP contribution in [0.5, 0.6) is 0 Å². The normalized spacial score (nSPS) is 12.0. The van der Waals surface area contributed by atoms with E-state index in [4.69, 9.17) is 0 Å². The van der Waals surface area contributed by atoms with Gasteiger partial charge in [0.05, 0.1) is 4.90 Å². The first-order valence-corrected chi connectivity index (χ1v) is 15.7. The molecule has 2 amide bonds. The van der Waals surface area contributed by atoms with Gasteiger partial charge in [-0.2, -0.15) is 0 Å². The molecule has 0 radical (unpaired) electrons. The molecule has 0 heterocycles. The molecule has 0 aliphatic carbocycles. The highest BCUT2D eigenvalue weighted by atomic mass is 32.2. The van der Waals surface area contributed by atoms with Crippen LogP contribution in [0.4, 0.5) is 4.39 Å². The van der Waals surface area contributed by atoms with Crippen LogP contribution in [0.3, 0.4) is 0 Å². The van der Waals surface area contributed by atoms with Crippen molar-refractivity contribution in [1.29, 1.82) is 0 Å². The van der Waals surface area contributed by atoms with E-state index in [1.54, 1.807) is 36.1 Å². The highest BCUT2D eigenvalue weighted by Gasteiger charge is 2.30. The van der Waals surface area contributed by atoms with Gasteiger partial charge in [0.2, 0.25) is 21.8 Å². The van der Waals surface area contributed by atoms with E-state index >= 15 is 0 Å². The van der Waals surface area contributed by atoms with Crippen molar-refractivity contribution in [2.75, 3.05) is 6.54 Å². The number of carbonyl (C=O) groups excluding carboxylic acids is 2. The fraction of sp³-hybridized carbons (Fsp3) is 0.235. The maximum atomic E-state index is 13.9. The molecule has 0 aromatic heterocycles. The van der Waals surface area contributed by atoms with Crippen LogP contribution in [0.25, 0.3) is 0 Å². The SMILES string of the molecule is CCNS(=O)(=O)c1ccc(CCC(=O)N(Cc2ccc(F)cc2)C(Cc2ccccc2)C(=O)NCc2ccccc2)cc1. The fourth-order valence-electron chi connectivity index (χ4n) is 4.75. The van der Waals surface area contributed by atoms with Crippen LogP contribution in [0, 0.1) is 5.82 Å². The Balaban J connectivity index is 1.58. The number of halogens is 1. The maximum Gasteiger partial charge on any atom is 0.243 e. The molecule has 0 spiro atoms. The number of rotatable bonds is 14. The number of sulfonamides is 1. The molecule has 0 fully saturated rings. The second-order valence-corrected chi connectivity index (χ2v) is 12.0. The van der Waals surface area contributed by atoms with Gasteiger partial charge in [-0.05, 0) is 52.9 Å². The van der Waals surface area contributed by atoms with Crippen LogP contribution in [0.15, 0.2) is 114 Å². The summed E-state index contributed by atoms with van der Waals surface area (Å²) in [4.78, 5) is 29.3. The van der Waals surface area contributed by atoms with Crippen molar-refractivity contribution in [3.05, 3.63) is 137 Å². The first-order valence-electron chi connectivity index (χ1n) is 14.2. The zero-order valence-corrected chi connectivity index (χ0v) is 24.9. The summed E-state index contributed by atoms with van der Waals surface area (Å²) < 4.78 is 40.7. The number of hydrogen-bond acceptors (Lipinski definition) is 4. The Labute approximate surface area is 252 Å². The van der Waals surface area contributed by atoms with E-state index in [1.165, 1.54) is 24.3 Å². The molecule has 1 atom stereocenters. The Kier molecular flexibility index (Phi) is 11.2. The van der Waals surface area contributed by atoms with Gasteiger partial charge in [0.25, 0.3) is 0 Å². The van der Waals surface area contributed by atoms with E-state index < -0.39 is 16.1 Å². The molecule has 2 N–H and O–H groups in total. The summed E-state index contributed by atoms with van der Waals surface area (Å²) in [7, 11) is -3.58. The Hall–Kier alpha value is -4.34. The zero-order chi connectivity index (χ0) is 30.7. The number of amides is 2. The van der Waals surface area contributed by atoms with Crippen LogP contribution < -0.4 is 10.0 Å². The Morgan fingerprint density at radius 1 is 0.767 bits per heavy atom. The molecule has 0 bridgehead atoms. The predicted molar refractivity (Wildman–Crippen MR) is 165 cm³/mol. The molecule has 7 nitrogen and oxygen atoms in total. The summed E-state index contributed by atoms with van der Waals surface area (Å²) in [6.45, 7) is 2.43. The molecular weight excluding hydrogens is 565 g/mol. The molecule has 1 unspecified atom stereocenters. The molecule has 9 heteroatoms. The number of aryl methyl sites for hydroxylation is 1. The van der Waals surface area contributed by atoms with Crippen molar-refractivity contribution in [3.63, 3.8) is 0 Å². The van der Waals surface area contributed by atoms with E-state index in [9.17, 15) is 22.4 Å². The second kappa shape index (κ2) is 15.2. The number of hydrogen-bond donors (Lipinski definition) is 2. The third-order valence-electron chi connectivity index (χ3n) is 7.04. The topological polar surface area (TPSA) is 95.6 Å². The van der Waals surface area contributed by atoms with Crippen LogP contribution in [0.2, 0.25) is 0 Å². The van der Waals surface area contributed by atoms with Gasteiger partial charge < -0.3 is 10.2 Å². The van der Waals surface area contributed by atoms with Gasteiger partial charge in [0, 0.05) is 32.5 Å². The first kappa shape index (κ1) is 31.6. The van der Waals surface area contributed by atoms with Gasteiger partial charge in [-0.1, -0.05) is 91.9 Å². The van der Waals surface area contributed by atoms with Gasteiger partial charge in [-0.15, -0.1) is 0 Å². The molecular formula is C34H36FN3O4S. The minimum absolute atomic E-state index is 0.0950. The minimum atomic E-state index is -3.58. The van der Waals surface area contributed by atoms with Crippen LogP contribution in [-0.2, 0) is 45.5 Å². The summed E-state index contributed by atoms with van der Waals surface area (Å²) in [5, 5.41) is 3.00. The lowest BCUT2D eigenvalue weighted by molar-refractivity contribution is -0.141. The standard InChI is InChI=1S/C34H36FN3O4S/c1-2-37-43(41,42)31-20-15-26(16-21-31)17-22-33(39)38(25-29-13-18-30(35)19-14-29)32(23-27-9-5-3-6-10-27)34(40)36-24-28-11-7-4-8-12-28/h3-16,18-21,32,37H,2,17,22-25H2,1H3,(H,36,40). The highest BCUT2D eigenvalue weighted by molar-refractivity contribution is 7.89. The molecule has 4 aromatic carbocycles. The zero-order valence-electron chi connectivity index (χ0n) is 24.1. The third kappa shape index (κ3) is 9.33. The molecule has 0 saturated heterocycles. The van der Waals surface area contributed by atoms with Crippen molar-refractivity contribution in [1.82, 2.24) is 14.9 Å². The summed E-state index contributed by atoms with van der Waals surface area (Å²) >= 11 is 0. The lowest BCUT2D eigenvalue weighted by Gasteiger charge is -2.32. The van der Waals surface area contributed by atoms with Crippen molar-refractivity contribution < 1.29 is 22.4 Å². The van der Waals surface area contributed by atoms with Gasteiger partial charge >= 0.3 is 0 Å². The van der Waals surface area contributed by atoms with Crippen molar-refractivity contribution >= 4 is 21.8 Å². The second-order valence-electron chi connectivity index (χ2n) is 10.2. The Morgan fingerprint density at radius 2 is 1.35 bits per heavy atom. The van der Waals surface area contributed by atoms with E-state index in [0.29, 0.717) is 24.9 Å². The lowest BCUT2D eigenvalue weighted by Crippen LogP contribution is -2.50. The predicted octanol–water partition coefficient (Wildman–Crippen LogP) is 5.01. The molecule has 4 rings (SSSR count). The molecule has 4 aromatic rings. The monoisotopic (exact) mass is 601 g/mol. The molecule has 0 aliphatic heterocycles. The van der Waals surface area contributed by atoms with Crippen LogP contribution in [0.1, 0.15) is 35.6 Å². The highest BCUT2D eigenvalue weighted by Crippen LogP contribution is 2.18. The average molecular weight is 602 g/mol. The summed E-state index contributed by atoms with van der Waals surface area (Å²) in [6, 6.07) is 30.5. The van der Waals surface area contributed by atoms with Gasteiger partial charge in [0.1, 0.15) is 11.9 Å². The van der Waals surface area contributed by atoms with E-state index in [2.05, 4.69) is 10.0 Å². The third-order valence-corrected chi connectivity index (χ3v) is 8.60. The first-order chi connectivity index (χ1) is 20.7. The van der Waals surface area contributed by atoms with Crippen LogP contribution in [-0.4, -0.2) is 37.7 Å². The fourth-order valence-corrected chi connectivity index (χ4v) is 5.79. The molecule has 224 valence electrons. The summed E-state index contributed by atoms with van der Waals surface area (Å²) in [6.07, 6.45) is 0.743.